The number of nitrogens with zero attached hydrogens (tertiary/aromatic N) is 2. The maximum atomic E-state index is 11.3. The van der Waals surface area contributed by atoms with Gasteiger partial charge in [0.1, 0.15) is 0 Å². The molecule has 0 amide bonds. The quantitative estimate of drug-likeness (QED) is 0.757. The van der Waals surface area contributed by atoms with Gasteiger partial charge >= 0.3 is 0 Å². The number of carbonyl (C=O) groups is 1. The molecule has 2 rings (SSSR count). The standard InChI is InChI=1S/C13H12N2O2/c1-9(16)11-8-14-12(15-13(11)17-2)10-6-4-3-5-7-10/h3-8H,1-2H3. The van der Waals surface area contributed by atoms with E-state index in [1.807, 2.05) is 30.3 Å². The van der Waals surface area contributed by atoms with E-state index in [-0.39, 0.29) is 5.78 Å². The molecule has 86 valence electrons. The summed E-state index contributed by atoms with van der Waals surface area (Å²) in [5.74, 6) is 0.750. The van der Waals surface area contributed by atoms with Crippen molar-refractivity contribution >= 4 is 5.78 Å². The molecule has 4 nitrogen and oxygen atoms in total. The van der Waals surface area contributed by atoms with Gasteiger partial charge in [-0.2, -0.15) is 4.98 Å². The van der Waals surface area contributed by atoms with Crippen molar-refractivity contribution < 1.29 is 9.53 Å². The summed E-state index contributed by atoms with van der Waals surface area (Å²) in [7, 11) is 1.49. The van der Waals surface area contributed by atoms with E-state index in [0.29, 0.717) is 17.3 Å². The minimum Gasteiger partial charge on any atom is -0.480 e. The summed E-state index contributed by atoms with van der Waals surface area (Å²) >= 11 is 0. The Morgan fingerprint density at radius 3 is 2.53 bits per heavy atom. The molecule has 0 radical (unpaired) electrons. The number of aromatic nitrogens is 2. The van der Waals surface area contributed by atoms with E-state index >= 15 is 0 Å². The molecule has 17 heavy (non-hydrogen) atoms. The molecule has 0 saturated heterocycles. The van der Waals surface area contributed by atoms with Gasteiger partial charge in [0.15, 0.2) is 11.6 Å². The van der Waals surface area contributed by atoms with Gasteiger partial charge in [-0.05, 0) is 6.92 Å². The van der Waals surface area contributed by atoms with Gasteiger partial charge in [0, 0.05) is 11.8 Å². The van der Waals surface area contributed by atoms with E-state index in [9.17, 15) is 4.79 Å². The molecule has 1 heterocycles. The number of rotatable bonds is 3. The van der Waals surface area contributed by atoms with Crippen LogP contribution >= 0.6 is 0 Å². The largest absolute Gasteiger partial charge is 0.480 e. The summed E-state index contributed by atoms with van der Waals surface area (Å²) in [6.45, 7) is 1.46. The Kier molecular flexibility index (Phi) is 3.14. The Morgan fingerprint density at radius 2 is 1.94 bits per heavy atom. The fourth-order valence-corrected chi connectivity index (χ4v) is 1.49. The summed E-state index contributed by atoms with van der Waals surface area (Å²) in [5, 5.41) is 0. The second kappa shape index (κ2) is 4.74. The molecule has 0 aliphatic heterocycles. The van der Waals surface area contributed by atoms with Gasteiger partial charge in [-0.15, -0.1) is 0 Å². The Bertz CT molecular complexity index is 538. The number of carbonyl (C=O) groups excluding carboxylic acids is 1. The molecule has 1 aromatic heterocycles. The van der Waals surface area contributed by atoms with Crippen molar-refractivity contribution in [1.82, 2.24) is 9.97 Å². The highest BCUT2D eigenvalue weighted by atomic mass is 16.5. The molecule has 1 aromatic carbocycles. The van der Waals surface area contributed by atoms with E-state index in [2.05, 4.69) is 9.97 Å². The molecule has 2 aromatic rings. The van der Waals surface area contributed by atoms with Crippen molar-refractivity contribution in [2.75, 3.05) is 7.11 Å². The third-order valence-corrected chi connectivity index (χ3v) is 2.36. The van der Waals surface area contributed by atoms with Gasteiger partial charge < -0.3 is 4.74 Å². The molecule has 0 saturated carbocycles. The molecular formula is C13H12N2O2. The summed E-state index contributed by atoms with van der Waals surface area (Å²) in [6.07, 6.45) is 1.50. The first-order valence-electron chi connectivity index (χ1n) is 5.19. The first-order valence-corrected chi connectivity index (χ1v) is 5.19. The molecule has 0 aliphatic carbocycles. The van der Waals surface area contributed by atoms with Crippen molar-refractivity contribution in [3.63, 3.8) is 0 Å². The fourth-order valence-electron chi connectivity index (χ4n) is 1.49. The van der Waals surface area contributed by atoms with Crippen LogP contribution in [-0.4, -0.2) is 22.9 Å². The topological polar surface area (TPSA) is 52.1 Å². The van der Waals surface area contributed by atoms with Gasteiger partial charge in [-0.25, -0.2) is 4.98 Å². The number of hydrogen-bond acceptors (Lipinski definition) is 4. The predicted molar refractivity (Wildman–Crippen MR) is 64.0 cm³/mol. The van der Waals surface area contributed by atoms with Crippen molar-refractivity contribution in [3.8, 4) is 17.3 Å². The average Bonchev–Trinajstić information content (AvgIpc) is 2.39. The van der Waals surface area contributed by atoms with Crippen LogP contribution in [0.5, 0.6) is 5.88 Å². The van der Waals surface area contributed by atoms with E-state index in [4.69, 9.17) is 4.74 Å². The number of ether oxygens (including phenoxy) is 1. The van der Waals surface area contributed by atoms with Crippen LogP contribution in [-0.2, 0) is 0 Å². The zero-order valence-corrected chi connectivity index (χ0v) is 9.68. The molecule has 0 fully saturated rings. The minimum absolute atomic E-state index is 0.110. The lowest BCUT2D eigenvalue weighted by Gasteiger charge is -2.06. The molecular weight excluding hydrogens is 216 g/mol. The van der Waals surface area contributed by atoms with E-state index in [1.165, 1.54) is 20.2 Å². The third-order valence-electron chi connectivity index (χ3n) is 2.36. The normalized spacial score (nSPS) is 10.0. The van der Waals surface area contributed by atoms with Gasteiger partial charge in [0.2, 0.25) is 5.88 Å². The molecule has 0 bridgehead atoms. The van der Waals surface area contributed by atoms with Crippen LogP contribution in [0.4, 0.5) is 0 Å². The fraction of sp³-hybridized carbons (Fsp3) is 0.154. The second-order valence-corrected chi connectivity index (χ2v) is 3.54. The zero-order valence-electron chi connectivity index (χ0n) is 9.68. The van der Waals surface area contributed by atoms with Crippen molar-refractivity contribution in [3.05, 3.63) is 42.1 Å². The number of benzene rings is 1. The number of methoxy groups -OCH3 is 1. The first kappa shape index (κ1) is 11.3. The highest BCUT2D eigenvalue weighted by Crippen LogP contribution is 2.20. The predicted octanol–water partition coefficient (Wildman–Crippen LogP) is 2.35. The SMILES string of the molecule is COc1nc(-c2ccccc2)ncc1C(C)=O. The lowest BCUT2D eigenvalue weighted by Crippen LogP contribution is -2.02. The maximum Gasteiger partial charge on any atom is 0.227 e. The van der Waals surface area contributed by atoms with Crippen LogP contribution < -0.4 is 4.74 Å². The van der Waals surface area contributed by atoms with Gasteiger partial charge in [-0.3, -0.25) is 4.79 Å². The average molecular weight is 228 g/mol. The highest BCUT2D eigenvalue weighted by molar-refractivity contribution is 5.96. The second-order valence-electron chi connectivity index (χ2n) is 3.54. The summed E-state index contributed by atoms with van der Waals surface area (Å²) in [4.78, 5) is 19.7. The number of Topliss-reactive ketones (excluding diaryl/α,β-unsaturated/α-hetero) is 1. The van der Waals surface area contributed by atoms with Crippen LogP contribution in [0.15, 0.2) is 36.5 Å². The molecule has 0 unspecified atom stereocenters. The Balaban J connectivity index is 2.49. The molecule has 0 N–H and O–H groups in total. The minimum atomic E-state index is -0.110. The van der Waals surface area contributed by atoms with E-state index < -0.39 is 0 Å². The number of hydrogen-bond donors (Lipinski definition) is 0. The lowest BCUT2D eigenvalue weighted by atomic mass is 10.2. The van der Waals surface area contributed by atoms with Crippen LogP contribution in [0, 0.1) is 0 Å². The summed E-state index contributed by atoms with van der Waals surface area (Å²) in [6, 6.07) is 9.54. The Morgan fingerprint density at radius 1 is 1.24 bits per heavy atom. The van der Waals surface area contributed by atoms with Gasteiger partial charge in [0.25, 0.3) is 0 Å². The lowest BCUT2D eigenvalue weighted by molar-refractivity contribution is 0.101. The zero-order chi connectivity index (χ0) is 12.3. The monoisotopic (exact) mass is 228 g/mol. The van der Waals surface area contributed by atoms with E-state index in [1.54, 1.807) is 0 Å². The van der Waals surface area contributed by atoms with Gasteiger partial charge in [-0.1, -0.05) is 30.3 Å². The van der Waals surface area contributed by atoms with Crippen LogP contribution in [0.3, 0.4) is 0 Å². The van der Waals surface area contributed by atoms with E-state index in [0.717, 1.165) is 5.56 Å². The molecule has 0 spiro atoms. The highest BCUT2D eigenvalue weighted by Gasteiger charge is 2.12. The summed E-state index contributed by atoms with van der Waals surface area (Å²) < 4.78 is 5.10. The van der Waals surface area contributed by atoms with Crippen molar-refractivity contribution in [2.45, 2.75) is 6.92 Å². The summed E-state index contributed by atoms with van der Waals surface area (Å²) in [5.41, 5.74) is 1.29. The van der Waals surface area contributed by atoms with Crippen LogP contribution in [0.25, 0.3) is 11.4 Å². The van der Waals surface area contributed by atoms with Gasteiger partial charge in [0.05, 0.1) is 12.7 Å². The number of ketones is 1. The Hall–Kier alpha value is -2.23. The Labute approximate surface area is 99.3 Å². The van der Waals surface area contributed by atoms with Crippen LogP contribution in [0.1, 0.15) is 17.3 Å². The smallest absolute Gasteiger partial charge is 0.227 e. The molecule has 0 aliphatic rings. The molecule has 0 atom stereocenters. The first-order chi connectivity index (χ1) is 8.22. The van der Waals surface area contributed by atoms with Crippen molar-refractivity contribution in [2.24, 2.45) is 0 Å². The third kappa shape index (κ3) is 2.30. The van der Waals surface area contributed by atoms with Crippen molar-refractivity contribution in [1.29, 1.82) is 0 Å². The molecule has 4 heteroatoms. The maximum absolute atomic E-state index is 11.3. The van der Waals surface area contributed by atoms with Crippen LogP contribution in [0.2, 0.25) is 0 Å².